The highest BCUT2D eigenvalue weighted by Gasteiger charge is 2.14. The molecule has 0 aliphatic carbocycles. The van der Waals surface area contributed by atoms with Crippen LogP contribution in [0.4, 0.5) is 0 Å². The smallest absolute Gasteiger partial charge is 0.0701 e. The molecular weight excluding hydrogens is 306 g/mol. The molecule has 16 heavy (non-hydrogen) atoms. The first-order valence-electron chi connectivity index (χ1n) is 5.76. The standard InChI is InChI=1S/C12H19BrClNS/c1-3-9(4-2)11(14)8-15-7-10-5-6-12(13)16-10/h5-6,9,11,15H,3-4,7-8H2,1-2H3. The molecule has 1 nitrogen and oxygen atoms in total. The zero-order valence-corrected chi connectivity index (χ0v) is 13.0. The summed E-state index contributed by atoms with van der Waals surface area (Å²) in [5.41, 5.74) is 0. The number of hydrogen-bond acceptors (Lipinski definition) is 2. The van der Waals surface area contributed by atoms with Gasteiger partial charge in [0.05, 0.1) is 3.79 Å². The Balaban J connectivity index is 2.24. The lowest BCUT2D eigenvalue weighted by Gasteiger charge is -2.19. The Morgan fingerprint density at radius 1 is 1.38 bits per heavy atom. The Bertz CT molecular complexity index is 299. The number of hydrogen-bond donors (Lipinski definition) is 1. The maximum Gasteiger partial charge on any atom is 0.0701 e. The van der Waals surface area contributed by atoms with E-state index in [9.17, 15) is 0 Å². The topological polar surface area (TPSA) is 12.0 Å². The van der Waals surface area contributed by atoms with Gasteiger partial charge >= 0.3 is 0 Å². The zero-order valence-electron chi connectivity index (χ0n) is 9.80. The molecule has 0 amide bonds. The molecule has 1 rings (SSSR count). The maximum absolute atomic E-state index is 6.35. The summed E-state index contributed by atoms with van der Waals surface area (Å²) in [6.45, 7) is 6.23. The average molecular weight is 325 g/mol. The van der Waals surface area contributed by atoms with Crippen molar-refractivity contribution in [3.05, 3.63) is 20.8 Å². The molecule has 1 unspecified atom stereocenters. The molecule has 0 aromatic carbocycles. The van der Waals surface area contributed by atoms with Crippen LogP contribution in [0.1, 0.15) is 31.6 Å². The fourth-order valence-corrected chi connectivity index (χ4v) is 3.67. The van der Waals surface area contributed by atoms with Gasteiger partial charge in [0.2, 0.25) is 0 Å². The van der Waals surface area contributed by atoms with Crippen molar-refractivity contribution in [3.8, 4) is 0 Å². The molecule has 0 saturated heterocycles. The van der Waals surface area contributed by atoms with Crippen LogP contribution in [0.3, 0.4) is 0 Å². The van der Waals surface area contributed by atoms with Crippen molar-refractivity contribution in [1.82, 2.24) is 5.32 Å². The summed E-state index contributed by atoms with van der Waals surface area (Å²) in [5, 5.41) is 3.67. The molecule has 1 atom stereocenters. The second kappa shape index (κ2) is 7.70. The third kappa shape index (κ3) is 4.74. The molecule has 0 bridgehead atoms. The van der Waals surface area contributed by atoms with Gasteiger partial charge in [0.15, 0.2) is 0 Å². The van der Waals surface area contributed by atoms with E-state index < -0.39 is 0 Å². The molecule has 92 valence electrons. The van der Waals surface area contributed by atoms with Crippen LogP contribution in [0.25, 0.3) is 0 Å². The Kier molecular flexibility index (Phi) is 6.97. The van der Waals surface area contributed by atoms with Crippen molar-refractivity contribution >= 4 is 38.9 Å². The Hall–Kier alpha value is 0.430. The van der Waals surface area contributed by atoms with Gasteiger partial charge in [0.1, 0.15) is 0 Å². The third-order valence-electron chi connectivity index (χ3n) is 2.83. The summed E-state index contributed by atoms with van der Waals surface area (Å²) >= 11 is 11.6. The Labute approximate surface area is 116 Å². The van der Waals surface area contributed by atoms with Crippen LogP contribution >= 0.6 is 38.9 Å². The molecule has 1 heterocycles. The zero-order chi connectivity index (χ0) is 12.0. The minimum absolute atomic E-state index is 0.249. The van der Waals surface area contributed by atoms with E-state index in [2.05, 4.69) is 47.2 Å². The lowest BCUT2D eigenvalue weighted by atomic mass is 9.99. The van der Waals surface area contributed by atoms with Crippen molar-refractivity contribution in [1.29, 1.82) is 0 Å². The number of thiophene rings is 1. The average Bonchev–Trinajstić information content (AvgIpc) is 2.66. The molecule has 0 aliphatic heterocycles. The van der Waals surface area contributed by atoms with Crippen LogP contribution in [0.15, 0.2) is 15.9 Å². The highest BCUT2D eigenvalue weighted by molar-refractivity contribution is 9.11. The molecule has 1 aromatic rings. The van der Waals surface area contributed by atoms with Gasteiger partial charge in [-0.25, -0.2) is 0 Å². The monoisotopic (exact) mass is 323 g/mol. The predicted molar refractivity (Wildman–Crippen MR) is 77.4 cm³/mol. The van der Waals surface area contributed by atoms with E-state index in [1.54, 1.807) is 11.3 Å². The lowest BCUT2D eigenvalue weighted by molar-refractivity contribution is 0.446. The summed E-state index contributed by atoms with van der Waals surface area (Å²) in [7, 11) is 0. The largest absolute Gasteiger partial charge is 0.310 e. The molecule has 0 spiro atoms. The van der Waals surface area contributed by atoms with Gasteiger partial charge in [-0.1, -0.05) is 26.7 Å². The molecule has 1 N–H and O–H groups in total. The third-order valence-corrected chi connectivity index (χ3v) is 4.96. The summed E-state index contributed by atoms with van der Waals surface area (Å²) in [6.07, 6.45) is 2.33. The van der Waals surface area contributed by atoms with E-state index >= 15 is 0 Å². The van der Waals surface area contributed by atoms with Gasteiger partial charge in [-0.05, 0) is 34.0 Å². The minimum atomic E-state index is 0.249. The van der Waals surface area contributed by atoms with E-state index in [4.69, 9.17) is 11.6 Å². The van der Waals surface area contributed by atoms with Crippen LogP contribution < -0.4 is 5.32 Å². The SMILES string of the molecule is CCC(CC)C(Cl)CNCc1ccc(Br)s1. The molecule has 4 heteroatoms. The first-order valence-corrected chi connectivity index (χ1v) is 7.81. The first-order chi connectivity index (χ1) is 7.67. The van der Waals surface area contributed by atoms with Crippen LogP contribution in [0.5, 0.6) is 0 Å². The number of nitrogens with one attached hydrogen (secondary N) is 1. The molecule has 0 saturated carbocycles. The highest BCUT2D eigenvalue weighted by Crippen LogP contribution is 2.22. The minimum Gasteiger partial charge on any atom is -0.310 e. The second-order valence-corrected chi connectivity index (χ2v) is 7.04. The number of rotatable bonds is 7. The number of alkyl halides is 1. The molecule has 0 radical (unpaired) electrons. The van der Waals surface area contributed by atoms with Crippen LogP contribution in [-0.2, 0) is 6.54 Å². The van der Waals surface area contributed by atoms with Crippen molar-refractivity contribution in [2.45, 2.75) is 38.6 Å². The van der Waals surface area contributed by atoms with Crippen molar-refractivity contribution < 1.29 is 0 Å². The van der Waals surface area contributed by atoms with E-state index in [0.29, 0.717) is 5.92 Å². The molecule has 0 fully saturated rings. The maximum atomic E-state index is 6.35. The molecule has 0 aliphatic rings. The Morgan fingerprint density at radius 3 is 2.56 bits per heavy atom. The van der Waals surface area contributed by atoms with Gasteiger partial charge in [-0.15, -0.1) is 22.9 Å². The van der Waals surface area contributed by atoms with Crippen LogP contribution in [-0.4, -0.2) is 11.9 Å². The van der Waals surface area contributed by atoms with Crippen molar-refractivity contribution in [3.63, 3.8) is 0 Å². The van der Waals surface area contributed by atoms with Gasteiger partial charge in [0, 0.05) is 23.3 Å². The lowest BCUT2D eigenvalue weighted by Crippen LogP contribution is -2.28. The Morgan fingerprint density at radius 2 is 2.06 bits per heavy atom. The van der Waals surface area contributed by atoms with E-state index in [1.165, 1.54) is 8.66 Å². The summed E-state index contributed by atoms with van der Waals surface area (Å²) in [4.78, 5) is 1.35. The van der Waals surface area contributed by atoms with Gasteiger partial charge < -0.3 is 5.32 Å². The van der Waals surface area contributed by atoms with Gasteiger partial charge in [-0.2, -0.15) is 0 Å². The number of halogens is 2. The normalized spacial score (nSPS) is 13.3. The summed E-state index contributed by atoms with van der Waals surface area (Å²) in [6, 6.07) is 4.23. The van der Waals surface area contributed by atoms with Crippen molar-refractivity contribution in [2.75, 3.05) is 6.54 Å². The first kappa shape index (κ1) is 14.5. The summed E-state index contributed by atoms with van der Waals surface area (Å²) < 4.78 is 1.19. The molecular formula is C12H19BrClNS. The molecule has 1 aromatic heterocycles. The second-order valence-electron chi connectivity index (χ2n) is 3.93. The van der Waals surface area contributed by atoms with E-state index in [0.717, 1.165) is 25.9 Å². The highest BCUT2D eigenvalue weighted by atomic mass is 79.9. The van der Waals surface area contributed by atoms with Crippen LogP contribution in [0.2, 0.25) is 0 Å². The fourth-order valence-electron chi connectivity index (χ4n) is 1.75. The van der Waals surface area contributed by atoms with Gasteiger partial charge in [0.25, 0.3) is 0 Å². The van der Waals surface area contributed by atoms with E-state index in [1.807, 2.05) is 0 Å². The fraction of sp³-hybridized carbons (Fsp3) is 0.667. The quantitative estimate of drug-likeness (QED) is 0.720. The van der Waals surface area contributed by atoms with Crippen molar-refractivity contribution in [2.24, 2.45) is 5.92 Å². The van der Waals surface area contributed by atoms with E-state index in [-0.39, 0.29) is 5.38 Å². The summed E-state index contributed by atoms with van der Waals surface area (Å²) in [5.74, 6) is 0.629. The van der Waals surface area contributed by atoms with Crippen LogP contribution in [0, 0.1) is 5.92 Å². The predicted octanol–water partition coefficient (Wildman–Crippen LogP) is 4.64. The van der Waals surface area contributed by atoms with Gasteiger partial charge in [-0.3, -0.25) is 0 Å².